The van der Waals surface area contributed by atoms with Crippen LogP contribution in [-0.4, -0.2) is 18.0 Å². The zero-order valence-corrected chi connectivity index (χ0v) is 33.9. The first kappa shape index (κ1) is 37.6. The summed E-state index contributed by atoms with van der Waals surface area (Å²) in [4.78, 5) is 0. The van der Waals surface area contributed by atoms with Crippen LogP contribution in [-0.2, 0) is 29.7 Å². The second kappa shape index (κ2) is 15.8. The van der Waals surface area contributed by atoms with Gasteiger partial charge in [0.15, 0.2) is 17.0 Å². The van der Waals surface area contributed by atoms with E-state index in [2.05, 4.69) is 134 Å². The number of hydrogen-bond donors (Lipinski definition) is 0. The van der Waals surface area contributed by atoms with Crippen LogP contribution in [0.3, 0.4) is 0 Å². The lowest BCUT2D eigenvalue weighted by molar-refractivity contribution is -0.175. The summed E-state index contributed by atoms with van der Waals surface area (Å²) in [5, 5.41) is 3.51. The number of rotatable bonds is 9. The second-order valence-electron chi connectivity index (χ2n) is 14.8. The third-order valence-corrected chi connectivity index (χ3v) is 14.4. The molecule has 7 heteroatoms. The summed E-state index contributed by atoms with van der Waals surface area (Å²) >= 11 is 0. The maximum Gasteiger partial charge on any atom is 0.399 e. The monoisotopic (exact) mass is 786 g/mol. The Hall–Kier alpha value is -4.96. The first-order valence-electron chi connectivity index (χ1n) is 19.3. The summed E-state index contributed by atoms with van der Waals surface area (Å²) in [6.07, 6.45) is -1.40. The molecule has 2 unspecified atom stereocenters. The first-order chi connectivity index (χ1) is 27.9. The summed E-state index contributed by atoms with van der Waals surface area (Å²) in [7, 11) is -3.28. The van der Waals surface area contributed by atoms with Crippen LogP contribution >= 0.6 is 16.5 Å². The highest BCUT2D eigenvalue weighted by Crippen LogP contribution is 2.65. The fourth-order valence-electron chi connectivity index (χ4n) is 8.28. The molecule has 9 rings (SSSR count). The average molecular weight is 787 g/mol. The summed E-state index contributed by atoms with van der Waals surface area (Å²) in [6.45, 7) is 6.04. The van der Waals surface area contributed by atoms with E-state index in [1.807, 2.05) is 86.6 Å². The van der Waals surface area contributed by atoms with Crippen LogP contribution in [0.4, 0.5) is 0 Å². The van der Waals surface area contributed by atoms with Gasteiger partial charge in [-0.05, 0) is 67.1 Å². The largest absolute Gasteiger partial charge is 0.426 e. The van der Waals surface area contributed by atoms with Gasteiger partial charge in [-0.2, -0.15) is 0 Å². The van der Waals surface area contributed by atoms with Crippen molar-refractivity contribution in [2.75, 3.05) is 0 Å². The molecule has 7 aromatic rings. The van der Waals surface area contributed by atoms with Crippen LogP contribution in [0, 0.1) is 6.92 Å². The lowest BCUT2D eigenvalue weighted by Crippen LogP contribution is -2.53. The summed E-state index contributed by atoms with van der Waals surface area (Å²) < 4.78 is 37.2. The van der Waals surface area contributed by atoms with Crippen molar-refractivity contribution in [1.29, 1.82) is 0 Å². The van der Waals surface area contributed by atoms with Gasteiger partial charge >= 0.3 is 8.60 Å². The van der Waals surface area contributed by atoms with E-state index in [0.29, 0.717) is 0 Å². The molecule has 0 spiro atoms. The molecule has 0 saturated carbocycles. The molecule has 7 aromatic carbocycles. The van der Waals surface area contributed by atoms with E-state index in [4.69, 9.17) is 23.0 Å². The molecule has 2 aliphatic rings. The summed E-state index contributed by atoms with van der Waals surface area (Å²) in [5.74, 6) is -0.251. The van der Waals surface area contributed by atoms with Crippen LogP contribution in [0.25, 0.3) is 0 Å². The normalized spacial score (nSPS) is 20.7. The standard InChI is InChI=1S/C50H44O5P2/c1-37-23-22-36-44(56(42-32-18-8-19-33-42)43-34-20-9-21-35-43)45(37)53-57-54-49(38-24-10-4-11-25-38,39-26-12-5-13-27-39)46-47(52-48(2,3)51-46)50(55-57,40-28-14-6-15-29-40)41-30-16-7-17-31-41/h4-36,46-47H,1-3H3/t46-,47?,57?/m1/s1. The molecule has 284 valence electrons. The zero-order chi connectivity index (χ0) is 38.9. The van der Waals surface area contributed by atoms with E-state index >= 15 is 0 Å². The van der Waals surface area contributed by atoms with E-state index < -0.39 is 45.7 Å². The minimum Gasteiger partial charge on any atom is -0.426 e. The molecule has 2 fully saturated rings. The fourth-order valence-corrected chi connectivity index (χ4v) is 12.4. The quantitative estimate of drug-likeness (QED) is 0.136. The molecule has 2 aliphatic heterocycles. The highest BCUT2D eigenvalue weighted by Gasteiger charge is 2.67. The summed E-state index contributed by atoms with van der Waals surface area (Å²) in [5.41, 5.74) is 2.15. The number of aryl methyl sites for hydroxylation is 1. The lowest BCUT2D eigenvalue weighted by atomic mass is 9.72. The van der Waals surface area contributed by atoms with Gasteiger partial charge in [-0.3, -0.25) is 9.05 Å². The Morgan fingerprint density at radius 2 is 0.807 bits per heavy atom. The van der Waals surface area contributed by atoms with Gasteiger partial charge in [-0.1, -0.05) is 200 Å². The molecular formula is C50H44O5P2. The van der Waals surface area contributed by atoms with Gasteiger partial charge in [-0.15, -0.1) is 0 Å². The molecule has 5 nitrogen and oxygen atoms in total. The predicted octanol–water partition coefficient (Wildman–Crippen LogP) is 10.8. The number of ether oxygens (including phenoxy) is 2. The Morgan fingerprint density at radius 3 is 1.18 bits per heavy atom. The van der Waals surface area contributed by atoms with Crippen molar-refractivity contribution in [2.24, 2.45) is 0 Å². The molecule has 0 aromatic heterocycles. The molecule has 0 radical (unpaired) electrons. The van der Waals surface area contributed by atoms with E-state index in [9.17, 15) is 0 Å². The van der Waals surface area contributed by atoms with Crippen LogP contribution in [0.1, 0.15) is 41.7 Å². The minimum absolute atomic E-state index is 0.698. The number of para-hydroxylation sites is 1. The second-order valence-corrected chi connectivity index (χ2v) is 18.0. The third kappa shape index (κ3) is 6.94. The zero-order valence-electron chi connectivity index (χ0n) is 32.1. The highest BCUT2D eigenvalue weighted by molar-refractivity contribution is 7.80. The molecule has 0 aliphatic carbocycles. The number of benzene rings is 7. The Bertz CT molecular complexity index is 2180. The Morgan fingerprint density at radius 1 is 0.456 bits per heavy atom. The molecule has 3 atom stereocenters. The Balaban J connectivity index is 1.32. The highest BCUT2D eigenvalue weighted by atomic mass is 31.2. The van der Waals surface area contributed by atoms with Gasteiger partial charge in [0.2, 0.25) is 0 Å². The Labute approximate surface area is 338 Å². The van der Waals surface area contributed by atoms with Crippen LogP contribution in [0.2, 0.25) is 0 Å². The first-order valence-corrected chi connectivity index (χ1v) is 21.8. The topological polar surface area (TPSA) is 46.2 Å². The lowest BCUT2D eigenvalue weighted by Gasteiger charge is -2.41. The van der Waals surface area contributed by atoms with Gasteiger partial charge in [0, 0.05) is 5.30 Å². The van der Waals surface area contributed by atoms with Crippen molar-refractivity contribution < 1.29 is 23.0 Å². The fraction of sp³-hybridized carbons (Fsp3) is 0.160. The number of fused-ring (bicyclic) bond motifs is 1. The smallest absolute Gasteiger partial charge is 0.399 e. The SMILES string of the molecule is Cc1cccc(P(c2ccccc2)c2ccccc2)c1OP1OC(c2ccccc2)(c2ccccc2)C2OC(C)(C)O[C@H]2C(c2ccccc2)(c2ccccc2)O1. The van der Waals surface area contributed by atoms with Crippen molar-refractivity contribution in [3.8, 4) is 5.75 Å². The van der Waals surface area contributed by atoms with Crippen LogP contribution in [0.5, 0.6) is 5.75 Å². The van der Waals surface area contributed by atoms with Crippen molar-refractivity contribution in [2.45, 2.75) is 50.0 Å². The molecule has 2 heterocycles. The molecule has 0 amide bonds. The van der Waals surface area contributed by atoms with Gasteiger partial charge in [0.05, 0.1) is 0 Å². The van der Waals surface area contributed by atoms with E-state index in [0.717, 1.165) is 38.9 Å². The maximum atomic E-state index is 7.70. The van der Waals surface area contributed by atoms with Crippen molar-refractivity contribution in [3.05, 3.63) is 228 Å². The summed E-state index contributed by atoms with van der Waals surface area (Å²) in [6, 6.07) is 69.1. The van der Waals surface area contributed by atoms with E-state index in [1.165, 1.54) is 10.6 Å². The molecular weight excluding hydrogens is 742 g/mol. The average Bonchev–Trinajstić information content (AvgIpc) is 3.54. The van der Waals surface area contributed by atoms with Crippen LogP contribution < -0.4 is 20.4 Å². The maximum absolute atomic E-state index is 7.70. The van der Waals surface area contributed by atoms with E-state index in [-0.39, 0.29) is 0 Å². The number of hydrogen-bond acceptors (Lipinski definition) is 5. The molecule has 57 heavy (non-hydrogen) atoms. The van der Waals surface area contributed by atoms with Gasteiger partial charge in [0.1, 0.15) is 18.0 Å². The van der Waals surface area contributed by atoms with Crippen molar-refractivity contribution in [3.63, 3.8) is 0 Å². The minimum atomic E-state index is -2.25. The van der Waals surface area contributed by atoms with Crippen molar-refractivity contribution >= 4 is 32.4 Å². The molecule has 0 bridgehead atoms. The third-order valence-electron chi connectivity index (χ3n) is 10.8. The van der Waals surface area contributed by atoms with E-state index in [1.54, 1.807) is 0 Å². The predicted molar refractivity (Wildman–Crippen MR) is 231 cm³/mol. The molecule has 2 saturated heterocycles. The van der Waals surface area contributed by atoms with Gasteiger partial charge < -0.3 is 14.0 Å². The Kier molecular flexibility index (Phi) is 10.4. The van der Waals surface area contributed by atoms with Crippen LogP contribution in [0.15, 0.2) is 200 Å². The van der Waals surface area contributed by atoms with Gasteiger partial charge in [-0.25, -0.2) is 0 Å². The van der Waals surface area contributed by atoms with Crippen molar-refractivity contribution in [1.82, 2.24) is 0 Å². The molecule has 0 N–H and O–H groups in total. The van der Waals surface area contributed by atoms with Gasteiger partial charge in [0.25, 0.3) is 0 Å².